The second-order valence-electron chi connectivity index (χ2n) is 9.65. The molecule has 6 rings (SSSR count). The fraction of sp³-hybridized carbons (Fsp3) is 0.520. The van der Waals surface area contributed by atoms with Crippen molar-refractivity contribution in [2.45, 2.75) is 44.3 Å². The molecule has 0 spiro atoms. The van der Waals surface area contributed by atoms with Gasteiger partial charge in [-0.05, 0) is 73.6 Å². The Balaban J connectivity index is 1.28. The van der Waals surface area contributed by atoms with Crippen LogP contribution in [0.15, 0.2) is 48.8 Å². The van der Waals surface area contributed by atoms with Gasteiger partial charge in [0.15, 0.2) is 0 Å². The third kappa shape index (κ3) is 3.15. The van der Waals surface area contributed by atoms with Gasteiger partial charge in [0.1, 0.15) is 23.6 Å². The summed E-state index contributed by atoms with van der Waals surface area (Å²) in [4.78, 5) is 34.0. The molecule has 6 nitrogen and oxygen atoms in total. The van der Waals surface area contributed by atoms with Crippen LogP contribution >= 0.6 is 0 Å². The van der Waals surface area contributed by atoms with Gasteiger partial charge in [-0.2, -0.15) is 0 Å². The third-order valence-corrected chi connectivity index (χ3v) is 8.22. The number of aromatic nitrogens is 2. The number of hydrogen-bond donors (Lipinski definition) is 0. The van der Waals surface area contributed by atoms with Crippen LogP contribution in [0.4, 0.5) is 0 Å². The predicted molar refractivity (Wildman–Crippen MR) is 111 cm³/mol. The molecule has 6 heteroatoms. The first-order valence-corrected chi connectivity index (χ1v) is 11.4. The van der Waals surface area contributed by atoms with Gasteiger partial charge in [-0.1, -0.05) is 18.6 Å². The monoisotopic (exact) mass is 418 g/mol. The van der Waals surface area contributed by atoms with E-state index in [1.165, 1.54) is 25.7 Å². The Morgan fingerprint density at radius 1 is 0.742 bits per heavy atom. The van der Waals surface area contributed by atoms with Crippen molar-refractivity contribution in [1.29, 1.82) is 0 Å². The van der Waals surface area contributed by atoms with Gasteiger partial charge in [0.2, 0.25) is 0 Å². The van der Waals surface area contributed by atoms with Gasteiger partial charge in [-0.3, -0.25) is 0 Å². The van der Waals surface area contributed by atoms with Crippen molar-refractivity contribution in [3.05, 3.63) is 60.2 Å². The number of nitrogens with zero attached hydrogens (tertiary/aromatic N) is 2. The second kappa shape index (κ2) is 7.43. The summed E-state index contributed by atoms with van der Waals surface area (Å²) in [5.74, 6) is 2.33. The maximum atomic E-state index is 12.9. The number of ether oxygens (including phenoxy) is 2. The van der Waals surface area contributed by atoms with E-state index in [1.54, 1.807) is 48.8 Å². The summed E-state index contributed by atoms with van der Waals surface area (Å²) in [6, 6.07) is 10.4. The van der Waals surface area contributed by atoms with Gasteiger partial charge in [-0.25, -0.2) is 19.6 Å². The minimum atomic E-state index is -0.438. The molecule has 31 heavy (non-hydrogen) atoms. The third-order valence-electron chi connectivity index (χ3n) is 8.22. The molecule has 0 radical (unpaired) electrons. The van der Waals surface area contributed by atoms with Crippen molar-refractivity contribution in [1.82, 2.24) is 9.97 Å². The van der Waals surface area contributed by atoms with E-state index in [2.05, 4.69) is 9.97 Å². The highest BCUT2D eigenvalue weighted by atomic mass is 16.6. The fourth-order valence-electron chi connectivity index (χ4n) is 7.20. The summed E-state index contributed by atoms with van der Waals surface area (Å²) in [5, 5.41) is 0. The Kier molecular flexibility index (Phi) is 4.55. The van der Waals surface area contributed by atoms with Crippen LogP contribution < -0.4 is 0 Å². The number of carbonyl (C=O) groups excluding carboxylic acids is 2. The molecule has 0 saturated heterocycles. The van der Waals surface area contributed by atoms with Crippen molar-refractivity contribution < 1.29 is 19.1 Å². The van der Waals surface area contributed by atoms with Gasteiger partial charge in [-0.15, -0.1) is 0 Å². The Bertz CT molecular complexity index is 982. The van der Waals surface area contributed by atoms with E-state index < -0.39 is 24.1 Å². The fourth-order valence-corrected chi connectivity index (χ4v) is 7.20. The van der Waals surface area contributed by atoms with Crippen LogP contribution in [-0.2, 0) is 9.47 Å². The molecular formula is C25H26N2O4. The SMILES string of the molecule is O=C(OC1C2CC(C1OC(=O)c1ccccn1)C1C3CCC(C3)CC21)c1ccccn1. The quantitative estimate of drug-likeness (QED) is 0.700. The topological polar surface area (TPSA) is 78.4 Å². The lowest BCUT2D eigenvalue weighted by Crippen LogP contribution is -2.49. The number of rotatable bonds is 4. The molecule has 0 amide bonds. The first kappa shape index (κ1) is 19.0. The van der Waals surface area contributed by atoms with Crippen LogP contribution in [0, 0.1) is 35.5 Å². The molecule has 0 aliphatic heterocycles. The maximum Gasteiger partial charge on any atom is 0.357 e. The van der Waals surface area contributed by atoms with Crippen LogP contribution in [0.3, 0.4) is 0 Å². The van der Waals surface area contributed by atoms with Crippen molar-refractivity contribution in [2.24, 2.45) is 35.5 Å². The number of carbonyl (C=O) groups is 2. The zero-order chi connectivity index (χ0) is 20.9. The van der Waals surface area contributed by atoms with Crippen LogP contribution in [0.5, 0.6) is 0 Å². The summed E-state index contributed by atoms with van der Waals surface area (Å²) in [7, 11) is 0. The highest BCUT2D eigenvalue weighted by molar-refractivity contribution is 5.88. The van der Waals surface area contributed by atoms with E-state index in [9.17, 15) is 9.59 Å². The molecule has 160 valence electrons. The minimum absolute atomic E-state index is 0.257. The zero-order valence-electron chi connectivity index (χ0n) is 17.3. The average Bonchev–Trinajstić information content (AvgIpc) is 3.48. The zero-order valence-corrected chi connectivity index (χ0v) is 17.3. The summed E-state index contributed by atoms with van der Waals surface area (Å²) in [6.45, 7) is 0. The van der Waals surface area contributed by atoms with Crippen molar-refractivity contribution in [3.63, 3.8) is 0 Å². The van der Waals surface area contributed by atoms with Gasteiger partial charge in [0.25, 0.3) is 0 Å². The van der Waals surface area contributed by atoms with E-state index in [0.717, 1.165) is 18.3 Å². The van der Waals surface area contributed by atoms with Crippen molar-refractivity contribution in [2.75, 3.05) is 0 Å². The normalized spacial score (nSPS) is 37.3. The number of hydrogen-bond acceptors (Lipinski definition) is 6. The van der Waals surface area contributed by atoms with E-state index in [-0.39, 0.29) is 11.8 Å². The molecule has 4 bridgehead atoms. The van der Waals surface area contributed by atoms with Gasteiger partial charge >= 0.3 is 11.9 Å². The molecule has 2 heterocycles. The van der Waals surface area contributed by atoms with Crippen LogP contribution in [-0.4, -0.2) is 34.1 Å². The first-order valence-electron chi connectivity index (χ1n) is 11.4. The van der Waals surface area contributed by atoms with Crippen molar-refractivity contribution in [3.8, 4) is 0 Å². The number of fused-ring (bicyclic) bond motifs is 8. The van der Waals surface area contributed by atoms with E-state index in [1.807, 2.05) is 0 Å². The lowest BCUT2D eigenvalue weighted by atomic mass is 9.64. The molecule has 4 fully saturated rings. The molecule has 0 aromatic carbocycles. The lowest BCUT2D eigenvalue weighted by Gasteiger charge is -2.45. The Labute approximate surface area is 181 Å². The number of esters is 2. The minimum Gasteiger partial charge on any atom is -0.453 e. The Morgan fingerprint density at radius 3 is 2.00 bits per heavy atom. The summed E-state index contributed by atoms with van der Waals surface area (Å²) in [5.41, 5.74) is 0.585. The molecule has 2 aromatic rings. The average molecular weight is 418 g/mol. The van der Waals surface area contributed by atoms with E-state index in [4.69, 9.17) is 9.47 Å². The maximum absolute atomic E-state index is 12.9. The summed E-state index contributed by atoms with van der Waals surface area (Å²) in [6.07, 6.45) is 8.46. The molecule has 0 N–H and O–H groups in total. The van der Waals surface area contributed by atoms with E-state index in [0.29, 0.717) is 23.2 Å². The second-order valence-corrected chi connectivity index (χ2v) is 9.65. The lowest BCUT2D eigenvalue weighted by molar-refractivity contribution is -0.0966. The van der Waals surface area contributed by atoms with E-state index >= 15 is 0 Å². The van der Waals surface area contributed by atoms with Crippen molar-refractivity contribution >= 4 is 11.9 Å². The summed E-state index contributed by atoms with van der Waals surface area (Å²) >= 11 is 0. The van der Waals surface area contributed by atoms with Crippen LogP contribution in [0.25, 0.3) is 0 Å². The smallest absolute Gasteiger partial charge is 0.357 e. The Morgan fingerprint density at radius 2 is 1.39 bits per heavy atom. The summed E-state index contributed by atoms with van der Waals surface area (Å²) < 4.78 is 12.1. The van der Waals surface area contributed by atoms with Gasteiger partial charge < -0.3 is 9.47 Å². The molecule has 4 saturated carbocycles. The first-order chi connectivity index (χ1) is 15.2. The standard InChI is InChI=1S/C25H26N2O4/c28-24(19-5-1-3-9-26-19)30-22-17-13-18(21-15-8-7-14(11-15)12-16(17)21)23(22)31-25(29)20-6-2-4-10-27-20/h1-6,9-10,14-18,21-23H,7-8,11-13H2. The van der Waals surface area contributed by atoms with Gasteiger partial charge in [0, 0.05) is 24.2 Å². The van der Waals surface area contributed by atoms with Crippen LogP contribution in [0.2, 0.25) is 0 Å². The highest BCUT2D eigenvalue weighted by Gasteiger charge is 2.64. The Hall–Kier alpha value is -2.76. The highest BCUT2D eigenvalue weighted by Crippen LogP contribution is 2.64. The predicted octanol–water partition coefficient (Wildman–Crippen LogP) is 3.93. The molecule has 8 atom stereocenters. The molecule has 2 aromatic heterocycles. The molecular weight excluding hydrogens is 392 g/mol. The van der Waals surface area contributed by atoms with Crippen LogP contribution in [0.1, 0.15) is 53.1 Å². The molecule has 8 unspecified atom stereocenters. The number of pyridine rings is 2. The largest absolute Gasteiger partial charge is 0.453 e. The van der Waals surface area contributed by atoms with Gasteiger partial charge in [0.05, 0.1) is 0 Å². The molecule has 4 aliphatic rings. The molecule has 4 aliphatic carbocycles.